The Labute approximate surface area is 98.1 Å². The van der Waals surface area contributed by atoms with Crippen molar-refractivity contribution < 1.29 is 13.5 Å². The molecule has 0 aromatic carbocycles. The summed E-state index contributed by atoms with van der Waals surface area (Å²) in [7, 11) is 0. The van der Waals surface area contributed by atoms with Crippen LogP contribution in [-0.2, 0) is 10.1 Å². The van der Waals surface area contributed by atoms with Crippen LogP contribution >= 0.6 is 15.9 Å². The second-order valence-electron chi connectivity index (χ2n) is 2.95. The van der Waals surface area contributed by atoms with Gasteiger partial charge in [-0.25, -0.2) is 13.8 Å². The molecule has 0 amide bonds. The summed E-state index contributed by atoms with van der Waals surface area (Å²) in [6.45, 7) is 0. The fraction of sp³-hybridized carbons (Fsp3) is 0.375. The van der Waals surface area contributed by atoms with Crippen molar-refractivity contribution >= 4 is 21.8 Å². The largest absolute Gasteiger partial charge is 0.443 e. The molecule has 2 heterocycles. The maximum atomic E-state index is 12.2. The third kappa shape index (κ3) is 2.26. The Morgan fingerprint density at radius 2 is 2.25 bits per heavy atom. The van der Waals surface area contributed by atoms with Crippen molar-refractivity contribution in [2.75, 3.05) is 0 Å². The van der Waals surface area contributed by atoms with Crippen LogP contribution in [0.3, 0.4) is 0 Å². The van der Waals surface area contributed by atoms with Gasteiger partial charge in [0.1, 0.15) is 5.69 Å². The van der Waals surface area contributed by atoms with Crippen molar-refractivity contribution in [3.05, 3.63) is 23.8 Å². The number of hydrogen-bond acceptors (Lipinski definition) is 5. The van der Waals surface area contributed by atoms with E-state index in [0.29, 0.717) is 11.0 Å². The van der Waals surface area contributed by atoms with E-state index >= 15 is 0 Å². The molecule has 5 nitrogen and oxygen atoms in total. The Hall–Kier alpha value is -1.31. The van der Waals surface area contributed by atoms with Gasteiger partial charge in [0, 0.05) is 5.33 Å². The Kier molecular flexibility index (Phi) is 3.28. The van der Waals surface area contributed by atoms with Gasteiger partial charge in [-0.1, -0.05) is 15.9 Å². The highest BCUT2D eigenvalue weighted by Gasteiger charge is 2.29. The molecule has 8 heteroatoms. The van der Waals surface area contributed by atoms with Gasteiger partial charge in [-0.3, -0.25) is 10.4 Å². The van der Waals surface area contributed by atoms with E-state index in [0.717, 1.165) is 5.69 Å². The van der Waals surface area contributed by atoms with E-state index in [1.54, 1.807) is 0 Å². The molecular weight excluding hydrogens is 286 g/mol. The molecule has 1 aliphatic heterocycles. The van der Waals surface area contributed by atoms with Crippen LogP contribution in [0.2, 0.25) is 0 Å². The van der Waals surface area contributed by atoms with E-state index in [4.69, 9.17) is 4.74 Å². The second kappa shape index (κ2) is 4.69. The summed E-state index contributed by atoms with van der Waals surface area (Å²) < 4.78 is 29.3. The van der Waals surface area contributed by atoms with Crippen LogP contribution in [0, 0.1) is 0 Å². The first-order chi connectivity index (χ1) is 7.70. The van der Waals surface area contributed by atoms with Crippen LogP contribution < -0.4 is 5.43 Å². The van der Waals surface area contributed by atoms with Crippen molar-refractivity contribution in [1.29, 1.82) is 0 Å². The smallest absolute Gasteiger partial charge is 0.294 e. The summed E-state index contributed by atoms with van der Waals surface area (Å²) in [5.74, 6) is 0.0268. The van der Waals surface area contributed by atoms with Gasteiger partial charge in [0.15, 0.2) is 0 Å². The Morgan fingerprint density at radius 3 is 2.75 bits per heavy atom. The molecule has 1 atom stereocenters. The molecular formula is C8H7BrF2N4O. The van der Waals surface area contributed by atoms with Crippen molar-refractivity contribution in [2.45, 2.75) is 18.0 Å². The van der Waals surface area contributed by atoms with E-state index in [1.165, 1.54) is 12.4 Å². The van der Waals surface area contributed by atoms with Gasteiger partial charge in [0.25, 0.3) is 12.3 Å². The summed E-state index contributed by atoms with van der Waals surface area (Å²) in [6.07, 6.45) is -1.11. The van der Waals surface area contributed by atoms with Gasteiger partial charge in [-0.15, -0.1) is 5.10 Å². The number of halogens is 3. The van der Waals surface area contributed by atoms with Gasteiger partial charge in [0.05, 0.1) is 18.1 Å². The van der Waals surface area contributed by atoms with E-state index in [2.05, 4.69) is 36.4 Å². The highest BCUT2D eigenvalue weighted by molar-refractivity contribution is 9.08. The summed E-state index contributed by atoms with van der Waals surface area (Å²) in [5.41, 5.74) is 3.23. The van der Waals surface area contributed by atoms with E-state index in [-0.39, 0.29) is 5.90 Å². The van der Waals surface area contributed by atoms with Crippen molar-refractivity contribution in [2.24, 2.45) is 5.10 Å². The van der Waals surface area contributed by atoms with Crippen LogP contribution in [0.4, 0.5) is 8.78 Å². The molecule has 1 aromatic rings. The van der Waals surface area contributed by atoms with Crippen LogP contribution in [0.5, 0.6) is 0 Å². The molecule has 0 spiro atoms. The lowest BCUT2D eigenvalue weighted by Gasteiger charge is -2.08. The van der Waals surface area contributed by atoms with Crippen LogP contribution in [0.15, 0.2) is 17.5 Å². The second-order valence-corrected chi connectivity index (χ2v) is 3.51. The fourth-order valence-corrected chi connectivity index (χ4v) is 1.34. The minimum Gasteiger partial charge on any atom is -0.443 e. The summed E-state index contributed by atoms with van der Waals surface area (Å²) in [4.78, 5) is 8.02. The number of ether oxygens (including phenoxy) is 1. The number of hydrazone groups is 1. The summed E-state index contributed by atoms with van der Waals surface area (Å²) in [5, 5.41) is 4.19. The predicted octanol–water partition coefficient (Wildman–Crippen LogP) is 1.24. The fourth-order valence-electron chi connectivity index (χ4n) is 1.05. The van der Waals surface area contributed by atoms with E-state index < -0.39 is 12.7 Å². The first kappa shape index (κ1) is 11.2. The lowest BCUT2D eigenvalue weighted by atomic mass is 10.4. The highest BCUT2D eigenvalue weighted by atomic mass is 79.9. The number of alkyl halides is 3. The SMILES string of the molecule is FC(F)C1NN=C(c2cnc(CBr)cn2)O1. The van der Waals surface area contributed by atoms with Gasteiger partial charge in [-0.05, 0) is 0 Å². The number of hydrogen-bond donors (Lipinski definition) is 1. The minimum absolute atomic E-state index is 0.0268. The molecule has 1 N–H and O–H groups in total. The lowest BCUT2D eigenvalue weighted by Crippen LogP contribution is -2.30. The minimum atomic E-state index is -2.64. The molecule has 0 saturated carbocycles. The first-order valence-corrected chi connectivity index (χ1v) is 5.48. The van der Waals surface area contributed by atoms with Gasteiger partial charge < -0.3 is 4.74 Å². The van der Waals surface area contributed by atoms with Crippen molar-refractivity contribution in [3.63, 3.8) is 0 Å². The Balaban J connectivity index is 2.08. The molecule has 1 aliphatic rings. The molecule has 0 radical (unpaired) electrons. The summed E-state index contributed by atoms with van der Waals surface area (Å²) >= 11 is 3.22. The highest BCUT2D eigenvalue weighted by Crippen LogP contribution is 2.12. The topological polar surface area (TPSA) is 59.4 Å². The maximum absolute atomic E-state index is 12.2. The molecule has 16 heavy (non-hydrogen) atoms. The number of aromatic nitrogens is 2. The van der Waals surface area contributed by atoms with Crippen LogP contribution in [-0.4, -0.2) is 28.5 Å². The average molecular weight is 293 g/mol. The molecule has 0 bridgehead atoms. The summed E-state index contributed by atoms with van der Waals surface area (Å²) in [6, 6.07) is 0. The molecule has 1 unspecified atom stereocenters. The zero-order valence-electron chi connectivity index (χ0n) is 7.90. The third-order valence-corrected chi connectivity index (χ3v) is 2.40. The number of rotatable bonds is 3. The zero-order chi connectivity index (χ0) is 11.5. The quantitative estimate of drug-likeness (QED) is 0.852. The van der Waals surface area contributed by atoms with Gasteiger partial charge >= 0.3 is 0 Å². The Bertz CT molecular complexity index is 398. The van der Waals surface area contributed by atoms with Crippen molar-refractivity contribution in [1.82, 2.24) is 15.4 Å². The number of nitrogens with one attached hydrogen (secondary N) is 1. The predicted molar refractivity (Wildman–Crippen MR) is 55.2 cm³/mol. The van der Waals surface area contributed by atoms with Gasteiger partial charge in [-0.2, -0.15) is 0 Å². The number of nitrogens with zero attached hydrogens (tertiary/aromatic N) is 3. The molecule has 0 fully saturated rings. The zero-order valence-corrected chi connectivity index (χ0v) is 9.49. The molecule has 1 aromatic heterocycles. The Morgan fingerprint density at radius 1 is 1.44 bits per heavy atom. The van der Waals surface area contributed by atoms with Crippen LogP contribution in [0.1, 0.15) is 11.4 Å². The maximum Gasteiger partial charge on any atom is 0.294 e. The van der Waals surface area contributed by atoms with E-state index in [1.807, 2.05) is 0 Å². The standard InChI is InChI=1S/C8H7BrF2N4O/c9-1-4-2-13-5(3-12-4)7-14-15-8(16-7)6(10)11/h2-3,6,8,15H,1H2. The van der Waals surface area contributed by atoms with E-state index in [9.17, 15) is 8.78 Å². The molecule has 0 saturated heterocycles. The average Bonchev–Trinajstić information content (AvgIpc) is 2.78. The molecule has 0 aliphatic carbocycles. The van der Waals surface area contributed by atoms with Crippen molar-refractivity contribution in [3.8, 4) is 0 Å². The van der Waals surface area contributed by atoms with Crippen LogP contribution in [0.25, 0.3) is 0 Å². The lowest BCUT2D eigenvalue weighted by molar-refractivity contribution is 0.000469. The molecule has 2 rings (SSSR count). The molecule has 86 valence electrons. The monoisotopic (exact) mass is 292 g/mol. The third-order valence-electron chi connectivity index (χ3n) is 1.82. The normalized spacial score (nSPS) is 19.2. The first-order valence-electron chi connectivity index (χ1n) is 4.36. The van der Waals surface area contributed by atoms with Gasteiger partial charge in [0.2, 0.25) is 6.23 Å².